The zero-order chi connectivity index (χ0) is 16.0. The number of rotatable bonds is 7. The first-order chi connectivity index (χ1) is 9.81. The highest BCUT2D eigenvalue weighted by Crippen LogP contribution is 2.21. The Morgan fingerprint density at radius 2 is 2.05 bits per heavy atom. The summed E-state index contributed by atoms with van der Waals surface area (Å²) in [5, 5.41) is 0. The predicted molar refractivity (Wildman–Crippen MR) is 82.3 cm³/mol. The summed E-state index contributed by atoms with van der Waals surface area (Å²) in [6.45, 7) is 3.01. The second kappa shape index (κ2) is 7.77. The van der Waals surface area contributed by atoms with E-state index in [4.69, 9.17) is 15.4 Å². The molecular formula is C14H20ClNO4S. The smallest absolute Gasteiger partial charge is 0.261 e. The van der Waals surface area contributed by atoms with E-state index >= 15 is 0 Å². The quantitative estimate of drug-likeness (QED) is 0.567. The van der Waals surface area contributed by atoms with Crippen LogP contribution in [0, 0.1) is 0 Å². The van der Waals surface area contributed by atoms with Crippen LogP contribution in [0.1, 0.15) is 29.3 Å². The number of carbonyl (C=O) groups is 1. The van der Waals surface area contributed by atoms with Crippen LogP contribution in [-0.4, -0.2) is 46.5 Å². The van der Waals surface area contributed by atoms with Gasteiger partial charge in [-0.05, 0) is 30.5 Å². The van der Waals surface area contributed by atoms with Gasteiger partial charge in [-0.1, -0.05) is 13.0 Å². The molecule has 5 nitrogen and oxygen atoms in total. The Morgan fingerprint density at radius 1 is 1.38 bits per heavy atom. The Bertz CT molecular complexity index is 601. The van der Waals surface area contributed by atoms with Gasteiger partial charge < -0.3 is 9.64 Å². The van der Waals surface area contributed by atoms with Crippen molar-refractivity contribution >= 4 is 25.6 Å². The lowest BCUT2D eigenvalue weighted by Crippen LogP contribution is -2.29. The van der Waals surface area contributed by atoms with Crippen LogP contribution in [0.5, 0.6) is 0 Å². The van der Waals surface area contributed by atoms with E-state index in [0.29, 0.717) is 31.6 Å². The number of hydrogen-bond donors (Lipinski definition) is 0. The van der Waals surface area contributed by atoms with Gasteiger partial charge >= 0.3 is 0 Å². The number of ether oxygens (including phenoxy) is 1. The molecule has 0 atom stereocenters. The Morgan fingerprint density at radius 3 is 2.57 bits per heavy atom. The predicted octanol–water partition coefficient (Wildman–Crippen LogP) is 2.29. The molecule has 0 unspecified atom stereocenters. The highest BCUT2D eigenvalue weighted by atomic mass is 35.7. The lowest BCUT2D eigenvalue weighted by atomic mass is 10.0. The minimum Gasteiger partial charge on any atom is -0.385 e. The molecule has 0 aromatic heterocycles. The number of nitrogens with zero attached hydrogens (tertiary/aromatic N) is 1. The third-order valence-corrected chi connectivity index (χ3v) is 4.51. The van der Waals surface area contributed by atoms with E-state index in [2.05, 4.69) is 0 Å². The van der Waals surface area contributed by atoms with E-state index in [1.54, 1.807) is 25.1 Å². The maximum absolute atomic E-state index is 12.4. The van der Waals surface area contributed by atoms with Gasteiger partial charge in [0.05, 0.1) is 4.90 Å². The largest absolute Gasteiger partial charge is 0.385 e. The molecule has 0 bridgehead atoms. The average molecular weight is 334 g/mol. The number of aryl methyl sites for hydroxylation is 1. The van der Waals surface area contributed by atoms with Gasteiger partial charge in [-0.3, -0.25) is 4.79 Å². The van der Waals surface area contributed by atoms with E-state index < -0.39 is 9.05 Å². The van der Waals surface area contributed by atoms with Gasteiger partial charge in [0.25, 0.3) is 15.0 Å². The Hall–Kier alpha value is -1.11. The summed E-state index contributed by atoms with van der Waals surface area (Å²) >= 11 is 0. The van der Waals surface area contributed by atoms with Crippen molar-refractivity contribution in [1.29, 1.82) is 0 Å². The van der Waals surface area contributed by atoms with Gasteiger partial charge in [-0.15, -0.1) is 0 Å². The summed E-state index contributed by atoms with van der Waals surface area (Å²) < 4.78 is 27.8. The molecule has 1 aromatic carbocycles. The minimum absolute atomic E-state index is 0.0602. The van der Waals surface area contributed by atoms with Gasteiger partial charge in [-0.25, -0.2) is 8.42 Å². The van der Waals surface area contributed by atoms with Crippen molar-refractivity contribution in [3.05, 3.63) is 29.3 Å². The minimum atomic E-state index is -3.85. The molecule has 7 heteroatoms. The molecule has 21 heavy (non-hydrogen) atoms. The molecule has 0 fully saturated rings. The van der Waals surface area contributed by atoms with Crippen molar-refractivity contribution in [2.45, 2.75) is 24.7 Å². The summed E-state index contributed by atoms with van der Waals surface area (Å²) in [7, 11) is 4.78. The highest BCUT2D eigenvalue weighted by Gasteiger charge is 2.19. The van der Waals surface area contributed by atoms with Crippen LogP contribution in [0.25, 0.3) is 0 Å². The van der Waals surface area contributed by atoms with Gasteiger partial charge in [0.1, 0.15) is 0 Å². The Balaban J connectivity index is 3.06. The standard InChI is InChI=1S/C14H20ClNO4S/c1-4-11-6-7-12(21(15,18)19)10-13(11)14(17)16(2)8-5-9-20-3/h6-7,10H,4-5,8-9H2,1-3H3. The van der Waals surface area contributed by atoms with Crippen LogP contribution in [0.2, 0.25) is 0 Å². The Labute approximate surface area is 130 Å². The number of methoxy groups -OCH3 is 1. The van der Waals surface area contributed by atoms with Crippen molar-refractivity contribution in [3.8, 4) is 0 Å². The van der Waals surface area contributed by atoms with Crippen LogP contribution in [-0.2, 0) is 20.2 Å². The second-order valence-electron chi connectivity index (χ2n) is 4.68. The van der Waals surface area contributed by atoms with E-state index in [-0.39, 0.29) is 10.8 Å². The number of halogens is 1. The zero-order valence-electron chi connectivity index (χ0n) is 12.4. The van der Waals surface area contributed by atoms with Gasteiger partial charge in [0.2, 0.25) is 0 Å². The number of benzene rings is 1. The Kier molecular flexibility index (Phi) is 6.64. The maximum atomic E-state index is 12.4. The van der Waals surface area contributed by atoms with Crippen molar-refractivity contribution in [3.63, 3.8) is 0 Å². The molecule has 0 aliphatic heterocycles. The van der Waals surface area contributed by atoms with Crippen LogP contribution in [0.15, 0.2) is 23.1 Å². The van der Waals surface area contributed by atoms with E-state index in [1.165, 1.54) is 12.1 Å². The monoisotopic (exact) mass is 333 g/mol. The SMILES string of the molecule is CCc1ccc(S(=O)(=O)Cl)cc1C(=O)N(C)CCCOC. The maximum Gasteiger partial charge on any atom is 0.261 e. The van der Waals surface area contributed by atoms with Crippen LogP contribution >= 0.6 is 10.7 Å². The molecular weight excluding hydrogens is 314 g/mol. The molecule has 1 amide bonds. The first-order valence-electron chi connectivity index (χ1n) is 6.63. The lowest BCUT2D eigenvalue weighted by molar-refractivity contribution is 0.0778. The van der Waals surface area contributed by atoms with E-state index in [0.717, 1.165) is 5.56 Å². The van der Waals surface area contributed by atoms with Gasteiger partial charge in [0, 0.05) is 43.6 Å². The number of hydrogen-bond acceptors (Lipinski definition) is 4. The van der Waals surface area contributed by atoms with Crippen molar-refractivity contribution < 1.29 is 17.9 Å². The average Bonchev–Trinajstić information content (AvgIpc) is 2.44. The molecule has 0 heterocycles. The fourth-order valence-electron chi connectivity index (χ4n) is 1.97. The summed E-state index contributed by atoms with van der Waals surface area (Å²) in [5.74, 6) is -0.217. The first kappa shape index (κ1) is 17.9. The van der Waals surface area contributed by atoms with Crippen LogP contribution < -0.4 is 0 Å². The molecule has 0 spiro atoms. The molecule has 1 aromatic rings. The first-order valence-corrected chi connectivity index (χ1v) is 8.94. The molecule has 0 saturated carbocycles. The fraction of sp³-hybridized carbons (Fsp3) is 0.500. The number of amides is 1. The summed E-state index contributed by atoms with van der Waals surface area (Å²) in [5.41, 5.74) is 1.17. The summed E-state index contributed by atoms with van der Waals surface area (Å²) in [6, 6.07) is 4.39. The van der Waals surface area contributed by atoms with Gasteiger partial charge in [-0.2, -0.15) is 0 Å². The van der Waals surface area contributed by atoms with E-state index in [9.17, 15) is 13.2 Å². The van der Waals surface area contributed by atoms with Crippen LogP contribution in [0.4, 0.5) is 0 Å². The van der Waals surface area contributed by atoms with Crippen molar-refractivity contribution in [1.82, 2.24) is 4.90 Å². The van der Waals surface area contributed by atoms with Gasteiger partial charge in [0.15, 0.2) is 0 Å². The lowest BCUT2D eigenvalue weighted by Gasteiger charge is -2.19. The molecule has 0 radical (unpaired) electrons. The van der Waals surface area contributed by atoms with Crippen molar-refractivity contribution in [2.24, 2.45) is 0 Å². The topological polar surface area (TPSA) is 63.7 Å². The summed E-state index contributed by atoms with van der Waals surface area (Å²) in [6.07, 6.45) is 1.35. The molecule has 1 rings (SSSR count). The molecule has 118 valence electrons. The third-order valence-electron chi connectivity index (χ3n) is 3.16. The van der Waals surface area contributed by atoms with E-state index in [1.807, 2.05) is 6.92 Å². The summed E-state index contributed by atoms with van der Waals surface area (Å²) in [4.78, 5) is 13.9. The van der Waals surface area contributed by atoms with Crippen molar-refractivity contribution in [2.75, 3.05) is 27.3 Å². The normalized spacial score (nSPS) is 11.4. The second-order valence-corrected chi connectivity index (χ2v) is 7.25. The molecule has 0 aliphatic rings. The molecule has 0 N–H and O–H groups in total. The molecule has 0 aliphatic carbocycles. The highest BCUT2D eigenvalue weighted by molar-refractivity contribution is 8.13. The molecule has 0 saturated heterocycles. The number of carbonyl (C=O) groups excluding carboxylic acids is 1. The fourth-order valence-corrected chi connectivity index (χ4v) is 2.74. The third kappa shape index (κ3) is 4.98. The van der Waals surface area contributed by atoms with Crippen LogP contribution in [0.3, 0.4) is 0 Å². The zero-order valence-corrected chi connectivity index (χ0v) is 14.0.